The summed E-state index contributed by atoms with van der Waals surface area (Å²) in [5.74, 6) is -0.303. The quantitative estimate of drug-likeness (QED) is 0.751. The van der Waals surface area contributed by atoms with Crippen LogP contribution in [0.5, 0.6) is 0 Å². The topological polar surface area (TPSA) is 76.2 Å². The molecule has 0 atom stereocenters. The predicted molar refractivity (Wildman–Crippen MR) is 96.2 cm³/mol. The molecular formula is C20H24N2O5. The van der Waals surface area contributed by atoms with Gasteiger partial charge in [0.1, 0.15) is 0 Å². The number of ether oxygens (including phenoxy) is 2. The average molecular weight is 372 g/mol. The van der Waals surface area contributed by atoms with E-state index in [9.17, 15) is 14.4 Å². The Morgan fingerprint density at radius 2 is 1.74 bits per heavy atom. The minimum atomic E-state index is -0.308. The molecule has 0 aromatic heterocycles. The Kier molecular flexibility index (Phi) is 4.97. The van der Waals surface area contributed by atoms with E-state index in [0.717, 1.165) is 18.4 Å². The maximum atomic E-state index is 12.5. The number of hydrogen-bond acceptors (Lipinski definition) is 5. The number of likely N-dealkylation sites (tertiary alicyclic amines) is 1. The maximum absolute atomic E-state index is 12.5. The van der Waals surface area contributed by atoms with Gasteiger partial charge >= 0.3 is 0 Å². The number of hydrogen-bond donors (Lipinski definition) is 0. The molecular weight excluding hydrogens is 348 g/mol. The van der Waals surface area contributed by atoms with E-state index in [1.165, 1.54) is 4.90 Å². The van der Waals surface area contributed by atoms with Crippen molar-refractivity contribution >= 4 is 17.7 Å². The monoisotopic (exact) mass is 372 g/mol. The number of carbonyl (C=O) groups is 3. The summed E-state index contributed by atoms with van der Waals surface area (Å²) < 4.78 is 11.1. The van der Waals surface area contributed by atoms with Crippen LogP contribution in [0.3, 0.4) is 0 Å². The highest BCUT2D eigenvalue weighted by Gasteiger charge is 2.36. The summed E-state index contributed by atoms with van der Waals surface area (Å²) in [6, 6.07) is 5.24. The zero-order valence-corrected chi connectivity index (χ0v) is 15.5. The molecule has 3 aliphatic rings. The Bertz CT molecular complexity index is 764. The van der Waals surface area contributed by atoms with Gasteiger partial charge in [-0.3, -0.25) is 19.3 Å². The number of fused-ring (bicyclic) bond motifs is 1. The molecule has 0 bridgehead atoms. The lowest BCUT2D eigenvalue weighted by atomic mass is 9.96. The summed E-state index contributed by atoms with van der Waals surface area (Å²) in [5.41, 5.74) is 1.80. The molecule has 0 saturated carbocycles. The van der Waals surface area contributed by atoms with E-state index in [2.05, 4.69) is 0 Å². The van der Waals surface area contributed by atoms with Crippen LogP contribution in [0.1, 0.15) is 45.5 Å². The second kappa shape index (κ2) is 7.40. The number of nitrogens with zero attached hydrogens (tertiary/aromatic N) is 2. The number of imide groups is 1. The van der Waals surface area contributed by atoms with Crippen LogP contribution in [0, 0.1) is 12.8 Å². The van der Waals surface area contributed by atoms with Gasteiger partial charge in [0.05, 0.1) is 24.3 Å². The first-order valence-electron chi connectivity index (χ1n) is 9.52. The van der Waals surface area contributed by atoms with Crippen molar-refractivity contribution in [2.45, 2.75) is 32.5 Å². The second-order valence-electron chi connectivity index (χ2n) is 7.39. The fraction of sp³-hybridized carbons (Fsp3) is 0.550. The van der Waals surface area contributed by atoms with Gasteiger partial charge in [0.25, 0.3) is 11.8 Å². The van der Waals surface area contributed by atoms with E-state index in [1.807, 2.05) is 17.9 Å². The van der Waals surface area contributed by atoms with Crippen molar-refractivity contribution in [1.82, 2.24) is 9.80 Å². The maximum Gasteiger partial charge on any atom is 0.261 e. The summed E-state index contributed by atoms with van der Waals surface area (Å²) in [7, 11) is 0. The molecule has 0 N–H and O–H groups in total. The summed E-state index contributed by atoms with van der Waals surface area (Å²) in [5, 5.41) is 0. The molecule has 0 aliphatic carbocycles. The van der Waals surface area contributed by atoms with E-state index >= 15 is 0 Å². The first-order valence-corrected chi connectivity index (χ1v) is 9.52. The number of carbonyl (C=O) groups excluding carboxylic acids is 3. The highest BCUT2D eigenvalue weighted by molar-refractivity contribution is 6.21. The van der Waals surface area contributed by atoms with Crippen molar-refractivity contribution in [3.8, 4) is 0 Å². The standard InChI is InChI=1S/C20H24N2O5/c1-13-2-3-15-16(12-13)19(25)22(18(15)24)9-6-17(23)21-7-4-14(5-8-21)20-26-10-11-27-20/h2-3,12,14,20H,4-11H2,1H3. The van der Waals surface area contributed by atoms with Gasteiger partial charge in [-0.05, 0) is 31.9 Å². The number of rotatable bonds is 4. The molecule has 2 saturated heterocycles. The lowest BCUT2D eigenvalue weighted by molar-refractivity contribution is -0.136. The van der Waals surface area contributed by atoms with E-state index in [0.29, 0.717) is 43.3 Å². The molecule has 2 fully saturated rings. The number of aryl methyl sites for hydroxylation is 1. The van der Waals surface area contributed by atoms with Crippen LogP contribution < -0.4 is 0 Å². The van der Waals surface area contributed by atoms with Crippen LogP contribution in [0.4, 0.5) is 0 Å². The third kappa shape index (κ3) is 3.49. The van der Waals surface area contributed by atoms with Gasteiger partial charge in [-0.15, -0.1) is 0 Å². The molecule has 7 nitrogen and oxygen atoms in total. The van der Waals surface area contributed by atoms with Crippen LogP contribution in [0.15, 0.2) is 18.2 Å². The molecule has 1 aromatic carbocycles. The lowest BCUT2D eigenvalue weighted by Crippen LogP contribution is -2.43. The molecule has 0 spiro atoms. The number of piperidine rings is 1. The zero-order valence-electron chi connectivity index (χ0n) is 15.5. The van der Waals surface area contributed by atoms with Crippen LogP contribution >= 0.6 is 0 Å². The minimum Gasteiger partial charge on any atom is -0.350 e. The van der Waals surface area contributed by atoms with Crippen LogP contribution in [0.25, 0.3) is 0 Å². The molecule has 3 heterocycles. The minimum absolute atomic E-state index is 0.0190. The number of benzene rings is 1. The first kappa shape index (κ1) is 18.1. The van der Waals surface area contributed by atoms with Crippen molar-refractivity contribution in [3.05, 3.63) is 34.9 Å². The highest BCUT2D eigenvalue weighted by atomic mass is 16.7. The van der Waals surface area contributed by atoms with Crippen molar-refractivity contribution < 1.29 is 23.9 Å². The fourth-order valence-corrected chi connectivity index (χ4v) is 4.04. The SMILES string of the molecule is Cc1ccc2c(c1)C(=O)N(CCC(=O)N1CCC(C3OCCO3)CC1)C2=O. The van der Waals surface area contributed by atoms with E-state index in [1.54, 1.807) is 12.1 Å². The Balaban J connectivity index is 1.30. The van der Waals surface area contributed by atoms with Crippen molar-refractivity contribution in [2.24, 2.45) is 5.92 Å². The summed E-state index contributed by atoms with van der Waals surface area (Å²) in [6.45, 7) is 4.61. The normalized spacial score (nSPS) is 21.2. The van der Waals surface area contributed by atoms with Gasteiger partial charge in [-0.2, -0.15) is 0 Å². The molecule has 3 aliphatic heterocycles. The van der Waals surface area contributed by atoms with Gasteiger partial charge in [0, 0.05) is 32.0 Å². The summed E-state index contributed by atoms with van der Waals surface area (Å²) in [4.78, 5) is 40.5. The molecule has 4 rings (SSSR count). The van der Waals surface area contributed by atoms with E-state index < -0.39 is 0 Å². The predicted octanol–water partition coefficient (Wildman–Crippen LogP) is 1.59. The highest BCUT2D eigenvalue weighted by Crippen LogP contribution is 2.27. The summed E-state index contributed by atoms with van der Waals surface area (Å²) >= 11 is 0. The van der Waals surface area contributed by atoms with E-state index in [-0.39, 0.29) is 37.0 Å². The Morgan fingerprint density at radius 3 is 2.44 bits per heavy atom. The van der Waals surface area contributed by atoms with Crippen molar-refractivity contribution in [3.63, 3.8) is 0 Å². The molecule has 0 radical (unpaired) electrons. The van der Waals surface area contributed by atoms with Gasteiger partial charge in [-0.25, -0.2) is 0 Å². The Labute approximate surface area is 158 Å². The van der Waals surface area contributed by atoms with Crippen LogP contribution in [0.2, 0.25) is 0 Å². The lowest BCUT2D eigenvalue weighted by Gasteiger charge is -2.34. The zero-order chi connectivity index (χ0) is 19.0. The third-order valence-electron chi connectivity index (χ3n) is 5.60. The molecule has 1 aromatic rings. The van der Waals surface area contributed by atoms with Gasteiger partial charge in [0.2, 0.25) is 5.91 Å². The average Bonchev–Trinajstić information content (AvgIpc) is 3.29. The van der Waals surface area contributed by atoms with Gasteiger partial charge < -0.3 is 14.4 Å². The third-order valence-corrected chi connectivity index (χ3v) is 5.60. The van der Waals surface area contributed by atoms with Crippen molar-refractivity contribution in [2.75, 3.05) is 32.8 Å². The van der Waals surface area contributed by atoms with Crippen LogP contribution in [-0.4, -0.2) is 66.7 Å². The second-order valence-corrected chi connectivity index (χ2v) is 7.39. The van der Waals surface area contributed by atoms with Gasteiger partial charge in [0.15, 0.2) is 6.29 Å². The molecule has 0 unspecified atom stereocenters. The van der Waals surface area contributed by atoms with Crippen LogP contribution in [-0.2, 0) is 14.3 Å². The molecule has 7 heteroatoms. The van der Waals surface area contributed by atoms with Gasteiger partial charge in [-0.1, -0.05) is 11.6 Å². The first-order chi connectivity index (χ1) is 13.0. The molecule has 3 amide bonds. The largest absolute Gasteiger partial charge is 0.350 e. The van der Waals surface area contributed by atoms with E-state index in [4.69, 9.17) is 9.47 Å². The Hall–Kier alpha value is -2.25. The van der Waals surface area contributed by atoms with Crippen molar-refractivity contribution in [1.29, 1.82) is 0 Å². The fourth-order valence-electron chi connectivity index (χ4n) is 4.04. The Morgan fingerprint density at radius 1 is 1.07 bits per heavy atom. The molecule has 27 heavy (non-hydrogen) atoms. The smallest absolute Gasteiger partial charge is 0.261 e. The summed E-state index contributed by atoms with van der Waals surface area (Å²) in [6.07, 6.45) is 1.72. The molecule has 144 valence electrons. The number of amides is 3.